The number of ether oxygens (including phenoxy) is 1. The summed E-state index contributed by atoms with van der Waals surface area (Å²) >= 11 is 3.35. The summed E-state index contributed by atoms with van der Waals surface area (Å²) in [5.74, 6) is 0.515. The van der Waals surface area contributed by atoms with Gasteiger partial charge in [0.2, 0.25) is 0 Å². The van der Waals surface area contributed by atoms with E-state index in [-0.39, 0.29) is 28.3 Å². The topological polar surface area (TPSA) is 87.7 Å². The minimum Gasteiger partial charge on any atom is -0.455 e. The van der Waals surface area contributed by atoms with Crippen LogP contribution in [0.3, 0.4) is 0 Å². The first-order valence-corrected chi connectivity index (χ1v) is 16.4. The smallest absolute Gasteiger partial charge is 0.262 e. The van der Waals surface area contributed by atoms with E-state index < -0.39 is 15.8 Å². The molecule has 10 heteroatoms. The summed E-state index contributed by atoms with van der Waals surface area (Å²) in [6.45, 7) is 3.65. The number of hydrogen-bond acceptors (Lipinski definition) is 5. The van der Waals surface area contributed by atoms with Crippen LogP contribution in [0.1, 0.15) is 55.3 Å². The average molecular weight is 645 g/mol. The molecule has 0 aromatic heterocycles. The van der Waals surface area contributed by atoms with Crippen LogP contribution in [0.4, 0.5) is 10.1 Å². The van der Waals surface area contributed by atoms with Crippen LogP contribution in [0.2, 0.25) is 0 Å². The highest BCUT2D eigenvalue weighted by atomic mass is 79.9. The molecule has 3 aromatic rings. The van der Waals surface area contributed by atoms with Gasteiger partial charge in [-0.1, -0.05) is 15.9 Å². The van der Waals surface area contributed by atoms with Gasteiger partial charge < -0.3 is 15.0 Å². The molecular weight excluding hydrogens is 609 g/mol. The monoisotopic (exact) mass is 643 g/mol. The predicted octanol–water partition coefficient (Wildman–Crippen LogP) is 6.96. The fourth-order valence-corrected chi connectivity index (χ4v) is 6.85. The van der Waals surface area contributed by atoms with E-state index in [2.05, 4.69) is 30.9 Å². The van der Waals surface area contributed by atoms with E-state index in [0.717, 1.165) is 42.1 Å². The molecule has 218 valence electrons. The van der Waals surface area contributed by atoms with Crippen LogP contribution in [0.25, 0.3) is 0 Å². The molecule has 0 radical (unpaired) electrons. The molecule has 0 spiro atoms. The van der Waals surface area contributed by atoms with Crippen molar-refractivity contribution in [3.05, 3.63) is 82.6 Å². The Kier molecular flexibility index (Phi) is 9.62. The number of anilines is 1. The minimum absolute atomic E-state index is 0.0363. The summed E-state index contributed by atoms with van der Waals surface area (Å²) in [7, 11) is -4.08. The predicted molar refractivity (Wildman–Crippen MR) is 161 cm³/mol. The third-order valence-corrected chi connectivity index (χ3v) is 9.80. The summed E-state index contributed by atoms with van der Waals surface area (Å²) in [6, 6.07) is 16.5. The summed E-state index contributed by atoms with van der Waals surface area (Å²) in [5, 5.41) is 3.12. The molecule has 2 fully saturated rings. The number of rotatable bonds is 10. The molecule has 7 nitrogen and oxygen atoms in total. The Balaban J connectivity index is 1.16. The Hall–Kier alpha value is -2.95. The van der Waals surface area contributed by atoms with Crippen LogP contribution >= 0.6 is 15.9 Å². The first kappa shape index (κ1) is 29.5. The van der Waals surface area contributed by atoms with Crippen molar-refractivity contribution >= 4 is 37.5 Å². The first-order chi connectivity index (χ1) is 19.7. The molecule has 2 aliphatic rings. The maximum absolute atomic E-state index is 14.0. The Morgan fingerprint density at radius 1 is 0.951 bits per heavy atom. The third-order valence-electron chi connectivity index (χ3n) is 7.89. The van der Waals surface area contributed by atoms with E-state index in [1.165, 1.54) is 75.3 Å². The van der Waals surface area contributed by atoms with Crippen LogP contribution in [-0.4, -0.2) is 44.9 Å². The fourth-order valence-electron chi connectivity index (χ4n) is 5.53. The van der Waals surface area contributed by atoms with Gasteiger partial charge in [-0.05, 0) is 131 Å². The largest absolute Gasteiger partial charge is 0.455 e. The van der Waals surface area contributed by atoms with Gasteiger partial charge in [0.05, 0.1) is 10.6 Å². The molecule has 0 unspecified atom stereocenters. The van der Waals surface area contributed by atoms with E-state index in [0.29, 0.717) is 11.3 Å². The van der Waals surface area contributed by atoms with Crippen molar-refractivity contribution < 1.29 is 22.3 Å². The highest BCUT2D eigenvalue weighted by molar-refractivity contribution is 9.10. The van der Waals surface area contributed by atoms with Crippen LogP contribution in [0.15, 0.2) is 76.1 Å². The third kappa shape index (κ3) is 8.08. The number of carbonyl (C=O) groups excluding carboxylic acids is 1. The van der Waals surface area contributed by atoms with Crippen molar-refractivity contribution in [3.8, 4) is 11.5 Å². The molecule has 1 heterocycles. The second-order valence-electron chi connectivity index (χ2n) is 10.9. The van der Waals surface area contributed by atoms with Gasteiger partial charge in [-0.25, -0.2) is 12.8 Å². The molecule has 1 saturated heterocycles. The Morgan fingerprint density at radius 3 is 2.32 bits per heavy atom. The number of likely N-dealkylation sites (tertiary alicyclic amines) is 1. The number of nitrogens with zero attached hydrogens (tertiary/aromatic N) is 1. The molecule has 5 rings (SSSR count). The van der Waals surface area contributed by atoms with E-state index in [1.54, 1.807) is 24.3 Å². The highest BCUT2D eigenvalue weighted by Crippen LogP contribution is 2.33. The summed E-state index contributed by atoms with van der Waals surface area (Å²) in [4.78, 5) is 15.4. The lowest BCUT2D eigenvalue weighted by atomic mass is 9.84. The van der Waals surface area contributed by atoms with Gasteiger partial charge in [-0.2, -0.15) is 0 Å². The molecule has 1 aliphatic heterocycles. The molecule has 41 heavy (non-hydrogen) atoms. The van der Waals surface area contributed by atoms with Crippen LogP contribution in [0.5, 0.6) is 11.5 Å². The van der Waals surface area contributed by atoms with E-state index in [1.807, 2.05) is 0 Å². The molecule has 1 aliphatic carbocycles. The second kappa shape index (κ2) is 13.4. The van der Waals surface area contributed by atoms with Crippen LogP contribution < -0.4 is 14.8 Å². The summed E-state index contributed by atoms with van der Waals surface area (Å²) in [6.07, 6.45) is 8.04. The Bertz CT molecular complexity index is 1440. The number of halogens is 2. The lowest BCUT2D eigenvalue weighted by Gasteiger charge is -2.30. The maximum Gasteiger partial charge on any atom is 0.262 e. The number of benzene rings is 3. The number of hydrogen-bond donors (Lipinski definition) is 2. The Labute approximate surface area is 249 Å². The minimum atomic E-state index is -4.08. The standard InChI is InChI=1S/C31H35BrFN3O4S/c32-24-7-12-27(13-8-24)40-30-16-9-25(33)21-29(30)35-41(38,39)28-14-5-23(6-15-28)31(37)34-26-10-3-22(4-11-26)17-20-36-18-1-2-19-36/h5-9,12-16,21-22,26,35H,1-4,10-11,17-20H2,(H,34,37). The molecule has 0 bridgehead atoms. The zero-order chi connectivity index (χ0) is 28.8. The van der Waals surface area contributed by atoms with Crippen molar-refractivity contribution in [3.63, 3.8) is 0 Å². The van der Waals surface area contributed by atoms with Crippen LogP contribution in [0, 0.1) is 11.7 Å². The van der Waals surface area contributed by atoms with E-state index in [9.17, 15) is 17.6 Å². The zero-order valence-corrected chi connectivity index (χ0v) is 25.2. The highest BCUT2D eigenvalue weighted by Gasteiger charge is 2.24. The summed E-state index contributed by atoms with van der Waals surface area (Å²) in [5.41, 5.74) is 0.357. The first-order valence-electron chi connectivity index (χ1n) is 14.1. The zero-order valence-electron chi connectivity index (χ0n) is 22.8. The van der Waals surface area contributed by atoms with Crippen molar-refractivity contribution in [2.45, 2.75) is 55.9 Å². The van der Waals surface area contributed by atoms with Gasteiger partial charge in [0.15, 0.2) is 5.75 Å². The van der Waals surface area contributed by atoms with Gasteiger partial charge in [0, 0.05) is 22.1 Å². The molecule has 1 amide bonds. The number of amides is 1. The molecule has 2 N–H and O–H groups in total. The normalized spacial score (nSPS) is 19.6. The van der Waals surface area contributed by atoms with E-state index >= 15 is 0 Å². The van der Waals surface area contributed by atoms with Crippen molar-refractivity contribution in [1.82, 2.24) is 10.2 Å². The Morgan fingerprint density at radius 2 is 1.63 bits per heavy atom. The lowest BCUT2D eigenvalue weighted by molar-refractivity contribution is 0.0920. The number of sulfonamides is 1. The lowest BCUT2D eigenvalue weighted by Crippen LogP contribution is -2.38. The number of nitrogens with one attached hydrogen (secondary N) is 2. The number of carbonyl (C=O) groups is 1. The summed E-state index contributed by atoms with van der Waals surface area (Å²) < 4.78 is 49.4. The average Bonchev–Trinajstić information content (AvgIpc) is 3.49. The van der Waals surface area contributed by atoms with Gasteiger partial charge in [0.1, 0.15) is 11.6 Å². The fraction of sp³-hybridized carbons (Fsp3) is 0.387. The van der Waals surface area contributed by atoms with E-state index in [4.69, 9.17) is 4.74 Å². The van der Waals surface area contributed by atoms with Crippen molar-refractivity contribution in [1.29, 1.82) is 0 Å². The quantitative estimate of drug-likeness (QED) is 0.249. The molecule has 3 aromatic carbocycles. The second-order valence-corrected chi connectivity index (χ2v) is 13.5. The van der Waals surface area contributed by atoms with Gasteiger partial charge >= 0.3 is 0 Å². The van der Waals surface area contributed by atoms with Gasteiger partial charge in [-0.3, -0.25) is 9.52 Å². The molecule has 0 atom stereocenters. The van der Waals surface area contributed by atoms with Gasteiger partial charge in [0.25, 0.3) is 15.9 Å². The maximum atomic E-state index is 14.0. The van der Waals surface area contributed by atoms with Crippen molar-refractivity contribution in [2.24, 2.45) is 5.92 Å². The van der Waals surface area contributed by atoms with Crippen LogP contribution in [-0.2, 0) is 10.0 Å². The SMILES string of the molecule is O=C(NC1CCC(CCN2CCCC2)CC1)c1ccc(S(=O)(=O)Nc2cc(F)ccc2Oc2ccc(Br)cc2)cc1. The molecule has 1 saturated carbocycles. The van der Waals surface area contributed by atoms with Gasteiger partial charge in [-0.15, -0.1) is 0 Å². The molecular formula is C31H35BrFN3O4S. The van der Waals surface area contributed by atoms with Crippen molar-refractivity contribution in [2.75, 3.05) is 24.4 Å².